The number of rotatable bonds is 16. The molecule has 0 aromatic heterocycles. The van der Waals surface area contributed by atoms with Crippen LogP contribution >= 0.6 is 12.2 Å². The predicted molar refractivity (Wildman–Crippen MR) is 149 cm³/mol. The highest BCUT2D eigenvalue weighted by atomic mass is 32.1. The summed E-state index contributed by atoms with van der Waals surface area (Å²) in [5, 5.41) is 7.25. The molecule has 2 N–H and O–H groups in total. The third-order valence-electron chi connectivity index (χ3n) is 6.84. The minimum Gasteiger partial charge on any atom is -0.468 e. The van der Waals surface area contributed by atoms with E-state index in [1.54, 1.807) is 7.11 Å². The Bertz CT molecular complexity index is 912. The number of hydrogen-bond acceptors (Lipinski definition) is 5. The molecule has 0 bridgehead atoms. The fraction of sp³-hybridized carbons (Fsp3) is 0.517. The van der Waals surface area contributed by atoms with Crippen molar-refractivity contribution in [1.82, 2.24) is 10.6 Å². The standard InChI is InChI=1S/C29H42N2O4S/c1-28(23-35-34-4,24-15-7-5-8-16-24)19-11-13-21-30-27(36)31-22-14-12-20-29(2,26(32)33-3)25-17-9-6-10-18-25/h5-10,15-18H,11-14,19-23H2,1-4H3,(H2,30,31,36). The summed E-state index contributed by atoms with van der Waals surface area (Å²) in [7, 11) is 3.00. The highest BCUT2D eigenvalue weighted by Crippen LogP contribution is 2.31. The lowest BCUT2D eigenvalue weighted by Gasteiger charge is -2.29. The first-order valence-corrected chi connectivity index (χ1v) is 13.1. The molecule has 0 aliphatic carbocycles. The van der Waals surface area contributed by atoms with E-state index in [0.717, 1.165) is 57.2 Å². The van der Waals surface area contributed by atoms with E-state index in [9.17, 15) is 4.79 Å². The number of nitrogens with one attached hydrogen (secondary N) is 2. The minimum atomic E-state index is -0.642. The molecular weight excluding hydrogens is 472 g/mol. The fourth-order valence-corrected chi connectivity index (χ4v) is 4.64. The summed E-state index contributed by atoms with van der Waals surface area (Å²) in [5.41, 5.74) is 1.49. The van der Waals surface area contributed by atoms with Gasteiger partial charge in [0.1, 0.15) is 0 Å². The lowest BCUT2D eigenvalue weighted by Crippen LogP contribution is -2.37. The molecule has 0 saturated carbocycles. The van der Waals surface area contributed by atoms with Crippen LogP contribution in [0.15, 0.2) is 60.7 Å². The maximum absolute atomic E-state index is 12.5. The Morgan fingerprint density at radius 1 is 0.806 bits per heavy atom. The van der Waals surface area contributed by atoms with Gasteiger partial charge in [0.25, 0.3) is 0 Å². The van der Waals surface area contributed by atoms with Gasteiger partial charge in [-0.3, -0.25) is 4.79 Å². The van der Waals surface area contributed by atoms with Crippen molar-refractivity contribution in [1.29, 1.82) is 0 Å². The average molecular weight is 515 g/mol. The van der Waals surface area contributed by atoms with Crippen LogP contribution < -0.4 is 10.6 Å². The van der Waals surface area contributed by atoms with Gasteiger partial charge in [0, 0.05) is 18.5 Å². The van der Waals surface area contributed by atoms with Gasteiger partial charge in [-0.05, 0) is 56.0 Å². The van der Waals surface area contributed by atoms with Gasteiger partial charge in [-0.1, -0.05) is 80.4 Å². The zero-order valence-corrected chi connectivity index (χ0v) is 23.0. The largest absolute Gasteiger partial charge is 0.468 e. The molecular formula is C29H42N2O4S. The van der Waals surface area contributed by atoms with Crippen molar-refractivity contribution in [2.75, 3.05) is 33.9 Å². The monoisotopic (exact) mass is 514 g/mol. The van der Waals surface area contributed by atoms with E-state index in [2.05, 4.69) is 41.8 Å². The number of esters is 1. The molecule has 0 fully saturated rings. The first kappa shape index (κ1) is 29.7. The molecule has 0 amide bonds. The highest BCUT2D eigenvalue weighted by Gasteiger charge is 2.35. The maximum atomic E-state index is 12.5. The highest BCUT2D eigenvalue weighted by molar-refractivity contribution is 7.80. The van der Waals surface area contributed by atoms with Crippen LogP contribution in [-0.2, 0) is 30.1 Å². The molecule has 7 heteroatoms. The molecule has 2 atom stereocenters. The lowest BCUT2D eigenvalue weighted by atomic mass is 9.78. The normalized spacial score (nSPS) is 14.3. The SMILES string of the molecule is COOCC(C)(CCCCNC(=S)NCCCCC(C)(C(=O)OC)c1ccccc1)c1ccccc1. The Kier molecular flexibility index (Phi) is 12.9. The molecule has 36 heavy (non-hydrogen) atoms. The zero-order chi connectivity index (χ0) is 26.3. The number of carbonyl (C=O) groups is 1. The van der Waals surface area contributed by atoms with E-state index in [1.165, 1.54) is 12.7 Å². The Hall–Kier alpha value is -2.48. The van der Waals surface area contributed by atoms with Crippen molar-refractivity contribution >= 4 is 23.3 Å². The van der Waals surface area contributed by atoms with E-state index >= 15 is 0 Å². The van der Waals surface area contributed by atoms with Gasteiger partial charge >= 0.3 is 5.97 Å². The molecule has 198 valence electrons. The number of carbonyl (C=O) groups excluding carboxylic acids is 1. The van der Waals surface area contributed by atoms with Crippen LogP contribution in [0, 0.1) is 0 Å². The molecule has 0 heterocycles. The van der Waals surface area contributed by atoms with Crippen molar-refractivity contribution < 1.29 is 19.3 Å². The van der Waals surface area contributed by atoms with E-state index in [1.807, 2.05) is 43.3 Å². The summed E-state index contributed by atoms with van der Waals surface area (Å²) in [6, 6.07) is 20.3. The van der Waals surface area contributed by atoms with Crippen LogP contribution in [0.5, 0.6) is 0 Å². The smallest absolute Gasteiger partial charge is 0.315 e. The van der Waals surface area contributed by atoms with Crippen LogP contribution in [0.25, 0.3) is 0 Å². The second-order valence-corrected chi connectivity index (χ2v) is 10.1. The summed E-state index contributed by atoms with van der Waals surface area (Å²) in [6.45, 7) is 6.26. The number of thiocarbonyl (C=S) groups is 1. The van der Waals surface area contributed by atoms with Crippen molar-refractivity contribution in [3.05, 3.63) is 71.8 Å². The summed E-state index contributed by atoms with van der Waals surface area (Å²) >= 11 is 5.44. The first-order chi connectivity index (χ1) is 17.4. The molecule has 0 spiro atoms. The van der Waals surface area contributed by atoms with Crippen molar-refractivity contribution in [3.8, 4) is 0 Å². The van der Waals surface area contributed by atoms with Crippen LogP contribution in [-0.4, -0.2) is 45.0 Å². The fourth-order valence-electron chi connectivity index (χ4n) is 4.43. The van der Waals surface area contributed by atoms with Gasteiger partial charge < -0.3 is 15.4 Å². The number of ether oxygens (including phenoxy) is 1. The maximum Gasteiger partial charge on any atom is 0.315 e. The molecule has 2 aromatic rings. The summed E-state index contributed by atoms with van der Waals surface area (Å²) in [5.74, 6) is -0.198. The first-order valence-electron chi connectivity index (χ1n) is 12.7. The predicted octanol–water partition coefficient (Wildman–Crippen LogP) is 5.46. The third kappa shape index (κ3) is 9.19. The molecule has 2 rings (SSSR count). The van der Waals surface area contributed by atoms with E-state index in [4.69, 9.17) is 26.7 Å². The van der Waals surface area contributed by atoms with Gasteiger partial charge in [0.05, 0.1) is 26.2 Å². The Morgan fingerprint density at radius 2 is 1.33 bits per heavy atom. The summed E-state index contributed by atoms with van der Waals surface area (Å²) in [6.07, 6.45) is 5.56. The molecule has 2 unspecified atom stereocenters. The Labute approximate surface area is 222 Å². The Balaban J connectivity index is 1.66. The minimum absolute atomic E-state index is 0.103. The number of unbranched alkanes of at least 4 members (excludes halogenated alkanes) is 2. The van der Waals surface area contributed by atoms with Crippen molar-refractivity contribution in [2.45, 2.75) is 63.2 Å². The van der Waals surface area contributed by atoms with Crippen LogP contribution in [0.2, 0.25) is 0 Å². The number of benzene rings is 2. The van der Waals surface area contributed by atoms with Crippen molar-refractivity contribution in [3.63, 3.8) is 0 Å². The number of hydrogen-bond donors (Lipinski definition) is 2. The zero-order valence-electron chi connectivity index (χ0n) is 22.2. The van der Waals surface area contributed by atoms with E-state index < -0.39 is 5.41 Å². The average Bonchev–Trinajstić information content (AvgIpc) is 2.91. The van der Waals surface area contributed by atoms with Gasteiger partial charge in [-0.25, -0.2) is 9.78 Å². The molecule has 6 nitrogen and oxygen atoms in total. The third-order valence-corrected chi connectivity index (χ3v) is 7.13. The molecule has 0 aliphatic rings. The second kappa shape index (κ2) is 15.6. The quantitative estimate of drug-likeness (QED) is 0.101. The summed E-state index contributed by atoms with van der Waals surface area (Å²) < 4.78 is 5.10. The van der Waals surface area contributed by atoms with E-state index in [0.29, 0.717) is 11.7 Å². The van der Waals surface area contributed by atoms with Gasteiger partial charge in [0.15, 0.2) is 5.11 Å². The van der Waals surface area contributed by atoms with Crippen LogP contribution in [0.4, 0.5) is 0 Å². The summed E-state index contributed by atoms with van der Waals surface area (Å²) in [4.78, 5) is 22.7. The molecule has 2 aromatic carbocycles. The van der Waals surface area contributed by atoms with Crippen molar-refractivity contribution in [2.24, 2.45) is 0 Å². The Morgan fingerprint density at radius 3 is 1.86 bits per heavy atom. The lowest BCUT2D eigenvalue weighted by molar-refractivity contribution is -0.282. The second-order valence-electron chi connectivity index (χ2n) is 9.64. The topological polar surface area (TPSA) is 68.8 Å². The molecule has 0 radical (unpaired) electrons. The molecule has 0 saturated heterocycles. The number of methoxy groups -OCH3 is 1. The van der Waals surface area contributed by atoms with E-state index in [-0.39, 0.29) is 11.4 Å². The van der Waals surface area contributed by atoms with Gasteiger partial charge in [-0.15, -0.1) is 0 Å². The van der Waals surface area contributed by atoms with Crippen LogP contribution in [0.1, 0.15) is 63.5 Å². The molecule has 0 aliphatic heterocycles. The van der Waals surface area contributed by atoms with Gasteiger partial charge in [0.2, 0.25) is 0 Å². The van der Waals surface area contributed by atoms with Gasteiger partial charge in [-0.2, -0.15) is 0 Å². The van der Waals surface area contributed by atoms with Crippen LogP contribution in [0.3, 0.4) is 0 Å².